The molecule has 1 aliphatic heterocycles. The van der Waals surface area contributed by atoms with Crippen molar-refractivity contribution < 1.29 is 14.4 Å². The molecule has 0 aliphatic carbocycles. The summed E-state index contributed by atoms with van der Waals surface area (Å²) >= 11 is 0. The molecule has 134 valence electrons. The van der Waals surface area contributed by atoms with Gasteiger partial charge < -0.3 is 9.80 Å². The minimum atomic E-state index is -0.386. The van der Waals surface area contributed by atoms with Crippen LogP contribution >= 0.6 is 0 Å². The number of amides is 2. The highest BCUT2D eigenvalue weighted by Crippen LogP contribution is 2.28. The molecule has 5 nitrogen and oxygen atoms in total. The molecule has 1 aliphatic rings. The number of hydrogen-bond donors (Lipinski definition) is 0. The summed E-state index contributed by atoms with van der Waals surface area (Å²) in [7, 11) is 0. The maximum absolute atomic E-state index is 13.0. The number of rotatable bonds is 5. The summed E-state index contributed by atoms with van der Waals surface area (Å²) < 4.78 is 0. The Hall–Kier alpha value is -2.95. The van der Waals surface area contributed by atoms with E-state index in [2.05, 4.69) is 0 Å². The van der Waals surface area contributed by atoms with Gasteiger partial charge in [-0.25, -0.2) is 0 Å². The number of anilines is 2. The van der Waals surface area contributed by atoms with Crippen LogP contribution in [0.25, 0.3) is 0 Å². The second-order valence-electron chi connectivity index (χ2n) is 6.43. The zero-order valence-electron chi connectivity index (χ0n) is 15.0. The van der Waals surface area contributed by atoms with Gasteiger partial charge in [-0.05, 0) is 38.1 Å². The fourth-order valence-corrected chi connectivity index (χ4v) is 3.31. The van der Waals surface area contributed by atoms with E-state index < -0.39 is 0 Å². The first-order valence-corrected chi connectivity index (χ1v) is 8.79. The molecule has 0 spiro atoms. The Kier molecular flexibility index (Phi) is 5.16. The molecule has 1 saturated heterocycles. The molecule has 5 heteroatoms. The number of ketones is 1. The van der Waals surface area contributed by atoms with Crippen LogP contribution < -0.4 is 9.80 Å². The first-order chi connectivity index (χ1) is 12.5. The number of carbonyl (C=O) groups is 3. The average molecular weight is 350 g/mol. The Balaban J connectivity index is 1.80. The number of para-hydroxylation sites is 1. The highest BCUT2D eigenvalue weighted by Gasteiger charge is 2.37. The molecule has 0 saturated carbocycles. The van der Waals surface area contributed by atoms with E-state index in [1.165, 1.54) is 6.92 Å². The normalized spacial score (nSPS) is 16.6. The van der Waals surface area contributed by atoms with Gasteiger partial charge in [-0.15, -0.1) is 0 Å². The SMILES string of the molecule is CCN(C(=O)C1CC(=O)N(c2cccc(C(C)=O)c2)C1)c1ccccc1. The van der Waals surface area contributed by atoms with E-state index >= 15 is 0 Å². The zero-order chi connectivity index (χ0) is 18.7. The molecule has 0 aromatic heterocycles. The van der Waals surface area contributed by atoms with Gasteiger partial charge in [0.05, 0.1) is 5.92 Å². The lowest BCUT2D eigenvalue weighted by atomic mass is 10.1. The third-order valence-corrected chi connectivity index (χ3v) is 4.69. The number of Topliss-reactive ketones (excluding diaryl/α,β-unsaturated/α-hetero) is 1. The zero-order valence-corrected chi connectivity index (χ0v) is 15.0. The predicted molar refractivity (Wildman–Crippen MR) is 101 cm³/mol. The minimum Gasteiger partial charge on any atom is -0.312 e. The van der Waals surface area contributed by atoms with Crippen molar-refractivity contribution in [3.8, 4) is 0 Å². The third-order valence-electron chi connectivity index (χ3n) is 4.69. The fraction of sp³-hybridized carbons (Fsp3) is 0.286. The van der Waals surface area contributed by atoms with Crippen LogP contribution in [0.1, 0.15) is 30.6 Å². The number of hydrogen-bond acceptors (Lipinski definition) is 3. The number of benzene rings is 2. The van der Waals surface area contributed by atoms with Crippen molar-refractivity contribution in [2.75, 3.05) is 22.9 Å². The smallest absolute Gasteiger partial charge is 0.232 e. The Labute approximate surface area is 153 Å². The van der Waals surface area contributed by atoms with Gasteiger partial charge in [0.25, 0.3) is 0 Å². The Morgan fingerprint density at radius 2 is 1.85 bits per heavy atom. The van der Waals surface area contributed by atoms with Crippen molar-refractivity contribution in [1.29, 1.82) is 0 Å². The third kappa shape index (κ3) is 3.52. The van der Waals surface area contributed by atoms with E-state index in [1.807, 2.05) is 37.3 Å². The number of nitrogens with zero attached hydrogens (tertiary/aromatic N) is 2. The van der Waals surface area contributed by atoms with Crippen molar-refractivity contribution in [2.24, 2.45) is 5.92 Å². The lowest BCUT2D eigenvalue weighted by molar-refractivity contribution is -0.124. The van der Waals surface area contributed by atoms with Crippen LogP contribution in [0.5, 0.6) is 0 Å². The lowest BCUT2D eigenvalue weighted by Crippen LogP contribution is -2.37. The highest BCUT2D eigenvalue weighted by molar-refractivity contribution is 6.05. The summed E-state index contributed by atoms with van der Waals surface area (Å²) in [6, 6.07) is 16.5. The van der Waals surface area contributed by atoms with Crippen molar-refractivity contribution in [3.63, 3.8) is 0 Å². The molecule has 0 N–H and O–H groups in total. The van der Waals surface area contributed by atoms with Crippen LogP contribution in [-0.4, -0.2) is 30.7 Å². The predicted octanol–water partition coefficient (Wildman–Crippen LogP) is 3.30. The van der Waals surface area contributed by atoms with Gasteiger partial charge in [0, 0.05) is 36.4 Å². The van der Waals surface area contributed by atoms with Crippen LogP contribution in [0.2, 0.25) is 0 Å². The van der Waals surface area contributed by atoms with Gasteiger partial charge in [0.15, 0.2) is 5.78 Å². The summed E-state index contributed by atoms with van der Waals surface area (Å²) in [5.41, 5.74) is 2.06. The monoisotopic (exact) mass is 350 g/mol. The second kappa shape index (κ2) is 7.52. The second-order valence-corrected chi connectivity index (χ2v) is 6.43. The maximum Gasteiger partial charge on any atom is 0.232 e. The van der Waals surface area contributed by atoms with Gasteiger partial charge in [-0.2, -0.15) is 0 Å². The molecule has 1 fully saturated rings. The van der Waals surface area contributed by atoms with Gasteiger partial charge in [-0.3, -0.25) is 14.4 Å². The van der Waals surface area contributed by atoms with Gasteiger partial charge in [0.2, 0.25) is 11.8 Å². The Morgan fingerprint density at radius 3 is 2.50 bits per heavy atom. The van der Waals surface area contributed by atoms with E-state index in [0.717, 1.165) is 5.69 Å². The quantitative estimate of drug-likeness (QED) is 0.778. The number of carbonyl (C=O) groups excluding carboxylic acids is 3. The first kappa shape index (κ1) is 17.9. The van der Waals surface area contributed by atoms with Crippen molar-refractivity contribution >= 4 is 29.0 Å². The minimum absolute atomic E-state index is 0.0442. The largest absolute Gasteiger partial charge is 0.312 e. The van der Waals surface area contributed by atoms with Crippen LogP contribution in [0.3, 0.4) is 0 Å². The molecule has 1 heterocycles. The van der Waals surface area contributed by atoms with Crippen molar-refractivity contribution in [3.05, 3.63) is 60.2 Å². The summed E-state index contributed by atoms with van der Waals surface area (Å²) in [4.78, 5) is 40.4. The molecule has 2 amide bonds. The molecule has 3 rings (SSSR count). The highest BCUT2D eigenvalue weighted by atomic mass is 16.2. The van der Waals surface area contributed by atoms with Gasteiger partial charge in [-0.1, -0.05) is 30.3 Å². The standard InChI is InChI=1S/C21H22N2O3/c1-3-22(18-9-5-4-6-10-18)21(26)17-13-20(25)23(14-17)19-11-7-8-16(12-19)15(2)24/h4-12,17H,3,13-14H2,1-2H3. The first-order valence-electron chi connectivity index (χ1n) is 8.79. The van der Waals surface area contributed by atoms with Gasteiger partial charge >= 0.3 is 0 Å². The van der Waals surface area contributed by atoms with E-state index in [9.17, 15) is 14.4 Å². The molecule has 0 radical (unpaired) electrons. The van der Waals surface area contributed by atoms with Crippen LogP contribution in [0.4, 0.5) is 11.4 Å². The summed E-state index contributed by atoms with van der Waals surface area (Å²) in [6.45, 7) is 4.31. The summed E-state index contributed by atoms with van der Waals surface area (Å²) in [5.74, 6) is -0.568. The lowest BCUT2D eigenvalue weighted by Gasteiger charge is -2.24. The Bertz CT molecular complexity index is 832. The van der Waals surface area contributed by atoms with Crippen molar-refractivity contribution in [2.45, 2.75) is 20.3 Å². The summed E-state index contributed by atoms with van der Waals surface area (Å²) in [5, 5.41) is 0. The molecule has 0 bridgehead atoms. The molecule has 2 aromatic carbocycles. The van der Waals surface area contributed by atoms with E-state index in [0.29, 0.717) is 24.3 Å². The summed E-state index contributed by atoms with van der Waals surface area (Å²) in [6.07, 6.45) is 0.187. The maximum atomic E-state index is 13.0. The van der Waals surface area contributed by atoms with Crippen LogP contribution in [0.15, 0.2) is 54.6 Å². The molecule has 1 atom stereocenters. The van der Waals surface area contributed by atoms with E-state index in [4.69, 9.17) is 0 Å². The van der Waals surface area contributed by atoms with E-state index in [-0.39, 0.29) is 29.9 Å². The van der Waals surface area contributed by atoms with E-state index in [1.54, 1.807) is 34.1 Å². The molecule has 1 unspecified atom stereocenters. The Morgan fingerprint density at radius 1 is 1.12 bits per heavy atom. The molecular weight excluding hydrogens is 328 g/mol. The van der Waals surface area contributed by atoms with Crippen LogP contribution in [0, 0.1) is 5.92 Å². The topological polar surface area (TPSA) is 57.7 Å². The molecule has 2 aromatic rings. The van der Waals surface area contributed by atoms with Crippen molar-refractivity contribution in [1.82, 2.24) is 0 Å². The van der Waals surface area contributed by atoms with Crippen LogP contribution in [-0.2, 0) is 9.59 Å². The fourth-order valence-electron chi connectivity index (χ4n) is 3.31. The molecular formula is C21H22N2O3. The van der Waals surface area contributed by atoms with Gasteiger partial charge in [0.1, 0.15) is 0 Å². The molecule has 26 heavy (non-hydrogen) atoms. The average Bonchev–Trinajstić information content (AvgIpc) is 3.05.